The Morgan fingerprint density at radius 1 is 1.32 bits per heavy atom. The lowest BCUT2D eigenvalue weighted by atomic mass is 9.76. The lowest BCUT2D eigenvalue weighted by Crippen LogP contribution is -2.48. The van der Waals surface area contributed by atoms with Crippen LogP contribution in [0.1, 0.15) is 45.4 Å². The second kappa shape index (κ2) is 5.76. The quantitative estimate of drug-likeness (QED) is 0.797. The van der Waals surface area contributed by atoms with E-state index in [1.807, 2.05) is 11.8 Å². The second-order valence-electron chi connectivity index (χ2n) is 5.75. The first-order chi connectivity index (χ1) is 9.09. The van der Waals surface area contributed by atoms with E-state index in [-0.39, 0.29) is 11.8 Å². The van der Waals surface area contributed by atoms with Crippen LogP contribution in [0.5, 0.6) is 0 Å². The smallest absolute Gasteiger partial charge is 0.309 e. The molecule has 19 heavy (non-hydrogen) atoms. The fraction of sp³-hybridized carbons (Fsp3) is 0.733. The summed E-state index contributed by atoms with van der Waals surface area (Å²) in [5, 5.41) is 9.35. The molecule has 0 radical (unpaired) electrons. The van der Waals surface area contributed by atoms with Gasteiger partial charge >= 0.3 is 5.97 Å². The molecule has 1 amide bonds. The molecular formula is C15H23NO3. The number of likely N-dealkylation sites (tertiary alicyclic amines) is 1. The molecule has 0 bridgehead atoms. The van der Waals surface area contributed by atoms with Gasteiger partial charge in [-0.3, -0.25) is 9.59 Å². The number of allylic oxidation sites excluding steroid dienone is 2. The van der Waals surface area contributed by atoms with Gasteiger partial charge in [-0.15, -0.1) is 0 Å². The number of carbonyl (C=O) groups is 2. The maximum absolute atomic E-state index is 12.4. The summed E-state index contributed by atoms with van der Waals surface area (Å²) in [5.41, 5.74) is -0.608. The van der Waals surface area contributed by atoms with Crippen molar-refractivity contribution < 1.29 is 14.7 Å². The second-order valence-corrected chi connectivity index (χ2v) is 5.75. The third-order valence-corrected chi connectivity index (χ3v) is 4.78. The van der Waals surface area contributed by atoms with Crippen LogP contribution in [0, 0.1) is 11.3 Å². The van der Waals surface area contributed by atoms with Crippen LogP contribution in [0.25, 0.3) is 0 Å². The summed E-state index contributed by atoms with van der Waals surface area (Å²) in [7, 11) is 0. The first-order valence-corrected chi connectivity index (χ1v) is 7.26. The molecular weight excluding hydrogens is 242 g/mol. The van der Waals surface area contributed by atoms with Gasteiger partial charge in [0.1, 0.15) is 0 Å². The Bertz CT molecular complexity index is 381. The first-order valence-electron chi connectivity index (χ1n) is 7.26. The molecule has 0 spiro atoms. The molecule has 0 aromatic rings. The van der Waals surface area contributed by atoms with Crippen LogP contribution in [0.15, 0.2) is 12.2 Å². The largest absolute Gasteiger partial charge is 0.481 e. The maximum Gasteiger partial charge on any atom is 0.309 e. The molecule has 0 aromatic heterocycles. The van der Waals surface area contributed by atoms with E-state index in [0.717, 1.165) is 19.3 Å². The number of nitrogens with zero attached hydrogens (tertiary/aromatic N) is 1. The summed E-state index contributed by atoms with van der Waals surface area (Å²) in [6.07, 6.45) is 8.81. The Morgan fingerprint density at radius 3 is 2.47 bits per heavy atom. The van der Waals surface area contributed by atoms with E-state index in [2.05, 4.69) is 12.2 Å². The highest BCUT2D eigenvalue weighted by Gasteiger charge is 2.41. The van der Waals surface area contributed by atoms with Crippen molar-refractivity contribution >= 4 is 11.9 Å². The molecule has 1 saturated heterocycles. The monoisotopic (exact) mass is 265 g/mol. The van der Waals surface area contributed by atoms with Crippen LogP contribution in [-0.4, -0.2) is 35.0 Å². The molecule has 106 valence electrons. The maximum atomic E-state index is 12.4. The molecule has 4 heteroatoms. The number of carboxylic acid groups (broad SMARTS) is 1. The molecule has 0 saturated carbocycles. The minimum Gasteiger partial charge on any atom is -0.481 e. The Morgan fingerprint density at radius 2 is 2.00 bits per heavy atom. The highest BCUT2D eigenvalue weighted by atomic mass is 16.4. The zero-order valence-corrected chi connectivity index (χ0v) is 11.6. The van der Waals surface area contributed by atoms with Crippen molar-refractivity contribution in [3.8, 4) is 0 Å². The summed E-state index contributed by atoms with van der Waals surface area (Å²) < 4.78 is 0. The van der Waals surface area contributed by atoms with Crippen molar-refractivity contribution in [3.05, 3.63) is 12.2 Å². The molecule has 4 nitrogen and oxygen atoms in total. The summed E-state index contributed by atoms with van der Waals surface area (Å²) in [6.45, 7) is 3.12. The van der Waals surface area contributed by atoms with Crippen molar-refractivity contribution in [2.24, 2.45) is 11.3 Å². The number of rotatable bonds is 3. The first kappa shape index (κ1) is 14.1. The number of carboxylic acids is 1. The average molecular weight is 265 g/mol. The van der Waals surface area contributed by atoms with Crippen molar-refractivity contribution in [2.75, 3.05) is 13.1 Å². The van der Waals surface area contributed by atoms with E-state index in [0.29, 0.717) is 32.4 Å². The number of aliphatic carboxylic acids is 1. The number of piperidine rings is 1. The molecule has 0 aromatic carbocycles. The third-order valence-electron chi connectivity index (χ3n) is 4.78. The fourth-order valence-electron chi connectivity index (χ4n) is 3.15. The third kappa shape index (κ3) is 2.82. The molecule has 1 aliphatic heterocycles. The van der Waals surface area contributed by atoms with Crippen molar-refractivity contribution in [1.82, 2.24) is 4.90 Å². The Labute approximate surface area is 114 Å². The fourth-order valence-corrected chi connectivity index (χ4v) is 3.15. The number of hydrogen-bond donors (Lipinski definition) is 1. The topological polar surface area (TPSA) is 57.6 Å². The zero-order chi connectivity index (χ0) is 13.9. The molecule has 1 atom stereocenters. The molecule has 2 rings (SSSR count). The number of carbonyl (C=O) groups excluding carboxylic acids is 1. The van der Waals surface area contributed by atoms with E-state index >= 15 is 0 Å². The average Bonchev–Trinajstić information content (AvgIpc) is 2.47. The van der Waals surface area contributed by atoms with Crippen molar-refractivity contribution in [1.29, 1.82) is 0 Å². The van der Waals surface area contributed by atoms with E-state index in [9.17, 15) is 14.7 Å². The van der Waals surface area contributed by atoms with E-state index in [4.69, 9.17) is 0 Å². The SMILES string of the molecule is CCC1(C(=O)O)CCN(C(=O)C2CC=CCC2)CC1. The van der Waals surface area contributed by atoms with Gasteiger partial charge in [0.25, 0.3) is 0 Å². The highest BCUT2D eigenvalue weighted by molar-refractivity contribution is 5.80. The molecule has 2 aliphatic rings. The summed E-state index contributed by atoms with van der Waals surface area (Å²) >= 11 is 0. The predicted octanol–water partition coefficient (Wildman–Crippen LogP) is 2.45. The molecule has 1 heterocycles. The van der Waals surface area contributed by atoms with Gasteiger partial charge < -0.3 is 10.0 Å². The Hall–Kier alpha value is -1.32. The van der Waals surface area contributed by atoms with Crippen LogP contribution in [0.3, 0.4) is 0 Å². The van der Waals surface area contributed by atoms with Gasteiger partial charge in [-0.05, 0) is 38.5 Å². The Kier molecular flexibility index (Phi) is 4.27. The van der Waals surface area contributed by atoms with Gasteiger partial charge in [0.2, 0.25) is 5.91 Å². The summed E-state index contributed by atoms with van der Waals surface area (Å²) in [4.78, 5) is 25.6. The minimum absolute atomic E-state index is 0.115. The van der Waals surface area contributed by atoms with Crippen molar-refractivity contribution in [3.63, 3.8) is 0 Å². The van der Waals surface area contributed by atoms with Crippen LogP contribution in [-0.2, 0) is 9.59 Å². The van der Waals surface area contributed by atoms with Gasteiger partial charge in [0.15, 0.2) is 0 Å². The Balaban J connectivity index is 1.94. The molecule has 1 unspecified atom stereocenters. The summed E-state index contributed by atoms with van der Waals surface area (Å²) in [6, 6.07) is 0. The number of amides is 1. The van der Waals surface area contributed by atoms with Crippen LogP contribution < -0.4 is 0 Å². The van der Waals surface area contributed by atoms with Gasteiger partial charge in [-0.25, -0.2) is 0 Å². The van der Waals surface area contributed by atoms with E-state index < -0.39 is 11.4 Å². The molecule has 1 fully saturated rings. The standard InChI is InChI=1S/C15H23NO3/c1-2-15(14(18)19)8-10-16(11-9-15)13(17)12-6-4-3-5-7-12/h3-4,12H,2,5-11H2,1H3,(H,18,19). The lowest BCUT2D eigenvalue weighted by molar-refractivity contribution is -0.155. The van der Waals surface area contributed by atoms with Crippen LogP contribution in [0.2, 0.25) is 0 Å². The van der Waals surface area contributed by atoms with E-state index in [1.54, 1.807) is 0 Å². The van der Waals surface area contributed by atoms with E-state index in [1.165, 1.54) is 0 Å². The van der Waals surface area contributed by atoms with Crippen LogP contribution in [0.4, 0.5) is 0 Å². The highest BCUT2D eigenvalue weighted by Crippen LogP contribution is 2.36. The van der Waals surface area contributed by atoms with Gasteiger partial charge in [-0.2, -0.15) is 0 Å². The normalized spacial score (nSPS) is 26.2. The lowest BCUT2D eigenvalue weighted by Gasteiger charge is -2.39. The zero-order valence-electron chi connectivity index (χ0n) is 11.6. The summed E-state index contributed by atoms with van der Waals surface area (Å²) in [5.74, 6) is -0.369. The number of hydrogen-bond acceptors (Lipinski definition) is 2. The van der Waals surface area contributed by atoms with Crippen LogP contribution >= 0.6 is 0 Å². The van der Waals surface area contributed by atoms with Gasteiger partial charge in [0.05, 0.1) is 5.41 Å². The molecule has 1 aliphatic carbocycles. The predicted molar refractivity (Wildman–Crippen MR) is 72.7 cm³/mol. The minimum atomic E-state index is -0.706. The molecule has 1 N–H and O–H groups in total. The van der Waals surface area contributed by atoms with Gasteiger partial charge in [0, 0.05) is 19.0 Å². The van der Waals surface area contributed by atoms with Crippen molar-refractivity contribution in [2.45, 2.75) is 45.4 Å². The van der Waals surface area contributed by atoms with Gasteiger partial charge in [-0.1, -0.05) is 19.1 Å².